The van der Waals surface area contributed by atoms with Crippen molar-refractivity contribution in [2.24, 2.45) is 0 Å². The SMILES string of the molecule is CCCCCCCCCCc1ccc(C(=O)N(CCC)OCC)cc1. The summed E-state index contributed by atoms with van der Waals surface area (Å²) in [6.07, 6.45) is 12.7. The van der Waals surface area contributed by atoms with E-state index in [4.69, 9.17) is 4.84 Å². The van der Waals surface area contributed by atoms with Crippen LogP contribution in [0.1, 0.15) is 94.5 Å². The average molecular weight is 348 g/mol. The van der Waals surface area contributed by atoms with E-state index >= 15 is 0 Å². The zero-order valence-corrected chi connectivity index (χ0v) is 16.6. The zero-order valence-electron chi connectivity index (χ0n) is 16.6. The highest BCUT2D eigenvalue weighted by atomic mass is 16.7. The summed E-state index contributed by atoms with van der Waals surface area (Å²) in [4.78, 5) is 17.9. The Morgan fingerprint density at radius 2 is 1.44 bits per heavy atom. The number of hydrogen-bond acceptors (Lipinski definition) is 2. The normalized spacial score (nSPS) is 10.8. The molecular weight excluding hydrogens is 310 g/mol. The third-order valence-corrected chi connectivity index (χ3v) is 4.46. The summed E-state index contributed by atoms with van der Waals surface area (Å²) >= 11 is 0. The largest absolute Gasteiger partial charge is 0.277 e. The number of hydroxylamine groups is 2. The van der Waals surface area contributed by atoms with E-state index in [-0.39, 0.29) is 5.91 Å². The number of benzene rings is 1. The van der Waals surface area contributed by atoms with Crippen molar-refractivity contribution in [3.63, 3.8) is 0 Å². The molecule has 0 aliphatic carbocycles. The fourth-order valence-corrected chi connectivity index (χ4v) is 3.00. The Morgan fingerprint density at radius 1 is 0.840 bits per heavy atom. The van der Waals surface area contributed by atoms with Crippen LogP contribution in [0.15, 0.2) is 24.3 Å². The van der Waals surface area contributed by atoms with E-state index in [0.717, 1.165) is 12.8 Å². The maximum absolute atomic E-state index is 12.4. The van der Waals surface area contributed by atoms with Crippen LogP contribution in [0.25, 0.3) is 0 Å². The topological polar surface area (TPSA) is 29.5 Å². The van der Waals surface area contributed by atoms with Crippen molar-refractivity contribution in [2.45, 2.75) is 85.0 Å². The molecule has 1 rings (SSSR count). The molecule has 0 atom stereocenters. The van der Waals surface area contributed by atoms with Gasteiger partial charge in [0, 0.05) is 12.1 Å². The Labute approximate surface area is 154 Å². The molecular formula is C22H37NO2. The van der Waals surface area contributed by atoms with Crippen LogP contribution in [0.3, 0.4) is 0 Å². The van der Waals surface area contributed by atoms with E-state index in [1.165, 1.54) is 62.0 Å². The molecule has 3 heteroatoms. The molecule has 0 radical (unpaired) electrons. The minimum Gasteiger partial charge on any atom is -0.271 e. The van der Waals surface area contributed by atoms with Crippen LogP contribution in [0.2, 0.25) is 0 Å². The molecule has 0 aliphatic rings. The van der Waals surface area contributed by atoms with E-state index < -0.39 is 0 Å². The van der Waals surface area contributed by atoms with Gasteiger partial charge in [-0.2, -0.15) is 0 Å². The quantitative estimate of drug-likeness (QED) is 0.297. The Bertz CT molecular complexity index is 450. The predicted octanol–water partition coefficient (Wildman–Crippen LogP) is 6.17. The second-order valence-electron chi connectivity index (χ2n) is 6.75. The van der Waals surface area contributed by atoms with Gasteiger partial charge in [-0.1, -0.05) is 70.9 Å². The summed E-state index contributed by atoms with van der Waals surface area (Å²) in [5, 5.41) is 1.48. The molecule has 0 saturated heterocycles. The summed E-state index contributed by atoms with van der Waals surface area (Å²) in [5.74, 6) is -0.0395. The molecule has 25 heavy (non-hydrogen) atoms. The van der Waals surface area contributed by atoms with E-state index in [0.29, 0.717) is 18.7 Å². The second kappa shape index (κ2) is 13.9. The van der Waals surface area contributed by atoms with Crippen LogP contribution in [-0.2, 0) is 11.3 Å². The van der Waals surface area contributed by atoms with Gasteiger partial charge in [0.1, 0.15) is 0 Å². The highest BCUT2D eigenvalue weighted by Crippen LogP contribution is 2.13. The van der Waals surface area contributed by atoms with Crippen molar-refractivity contribution in [3.8, 4) is 0 Å². The minimum atomic E-state index is -0.0395. The molecule has 0 aliphatic heterocycles. The van der Waals surface area contributed by atoms with Crippen molar-refractivity contribution in [1.82, 2.24) is 5.06 Å². The highest BCUT2D eigenvalue weighted by Gasteiger charge is 2.15. The Kier molecular flexibility index (Phi) is 12.0. The molecule has 1 amide bonds. The lowest BCUT2D eigenvalue weighted by Crippen LogP contribution is -2.31. The smallest absolute Gasteiger partial charge is 0.271 e. The lowest BCUT2D eigenvalue weighted by Gasteiger charge is -2.20. The van der Waals surface area contributed by atoms with Gasteiger partial charge >= 0.3 is 0 Å². The van der Waals surface area contributed by atoms with Gasteiger partial charge in [-0.05, 0) is 43.9 Å². The van der Waals surface area contributed by atoms with Crippen molar-refractivity contribution in [1.29, 1.82) is 0 Å². The molecule has 0 spiro atoms. The fourth-order valence-electron chi connectivity index (χ4n) is 3.00. The predicted molar refractivity (Wildman–Crippen MR) is 106 cm³/mol. The molecule has 0 aromatic heterocycles. The van der Waals surface area contributed by atoms with E-state index in [1.807, 2.05) is 26.0 Å². The molecule has 0 bridgehead atoms. The number of carbonyl (C=O) groups excluding carboxylic acids is 1. The lowest BCUT2D eigenvalue weighted by molar-refractivity contribution is -0.118. The van der Waals surface area contributed by atoms with E-state index in [2.05, 4.69) is 19.1 Å². The monoisotopic (exact) mass is 347 g/mol. The zero-order chi connectivity index (χ0) is 18.3. The summed E-state index contributed by atoms with van der Waals surface area (Å²) in [7, 11) is 0. The van der Waals surface area contributed by atoms with E-state index in [1.54, 1.807) is 0 Å². The lowest BCUT2D eigenvalue weighted by atomic mass is 10.0. The van der Waals surface area contributed by atoms with E-state index in [9.17, 15) is 4.79 Å². The van der Waals surface area contributed by atoms with Crippen LogP contribution in [0, 0.1) is 0 Å². The van der Waals surface area contributed by atoms with Gasteiger partial charge in [-0.3, -0.25) is 9.63 Å². The van der Waals surface area contributed by atoms with Crippen LogP contribution in [-0.4, -0.2) is 24.1 Å². The number of aryl methyl sites for hydroxylation is 1. The van der Waals surface area contributed by atoms with Crippen LogP contribution < -0.4 is 0 Å². The number of unbranched alkanes of at least 4 members (excludes halogenated alkanes) is 7. The number of carbonyl (C=O) groups is 1. The molecule has 142 valence electrons. The van der Waals surface area contributed by atoms with Gasteiger partial charge in [0.25, 0.3) is 5.91 Å². The van der Waals surface area contributed by atoms with Gasteiger partial charge in [-0.25, -0.2) is 5.06 Å². The molecule has 0 N–H and O–H groups in total. The first-order chi connectivity index (χ1) is 12.2. The Balaban J connectivity index is 2.32. The number of rotatable bonds is 14. The molecule has 0 saturated carbocycles. The first kappa shape index (κ1) is 21.7. The maximum Gasteiger partial charge on any atom is 0.277 e. The first-order valence-electron chi connectivity index (χ1n) is 10.3. The number of amides is 1. The summed E-state index contributed by atoms with van der Waals surface area (Å²) in [5.41, 5.74) is 2.03. The minimum absolute atomic E-state index is 0.0395. The maximum atomic E-state index is 12.4. The van der Waals surface area contributed by atoms with Crippen molar-refractivity contribution < 1.29 is 9.63 Å². The Hall–Kier alpha value is -1.35. The fraction of sp³-hybridized carbons (Fsp3) is 0.682. The van der Waals surface area contributed by atoms with Gasteiger partial charge < -0.3 is 0 Å². The van der Waals surface area contributed by atoms with Gasteiger partial charge in [-0.15, -0.1) is 0 Å². The molecule has 1 aromatic carbocycles. The van der Waals surface area contributed by atoms with Crippen LogP contribution in [0.5, 0.6) is 0 Å². The summed E-state index contributed by atoms with van der Waals surface area (Å²) in [6.45, 7) is 7.36. The van der Waals surface area contributed by atoms with Crippen LogP contribution >= 0.6 is 0 Å². The van der Waals surface area contributed by atoms with Gasteiger partial charge in [0.2, 0.25) is 0 Å². The second-order valence-corrected chi connectivity index (χ2v) is 6.75. The van der Waals surface area contributed by atoms with Gasteiger partial charge in [0.15, 0.2) is 0 Å². The third-order valence-electron chi connectivity index (χ3n) is 4.46. The van der Waals surface area contributed by atoms with Crippen molar-refractivity contribution in [2.75, 3.05) is 13.2 Å². The van der Waals surface area contributed by atoms with Crippen molar-refractivity contribution in [3.05, 3.63) is 35.4 Å². The molecule has 0 unspecified atom stereocenters. The highest BCUT2D eigenvalue weighted by molar-refractivity contribution is 5.93. The number of nitrogens with zero attached hydrogens (tertiary/aromatic N) is 1. The van der Waals surface area contributed by atoms with Crippen molar-refractivity contribution >= 4 is 5.91 Å². The summed E-state index contributed by atoms with van der Waals surface area (Å²) < 4.78 is 0. The summed E-state index contributed by atoms with van der Waals surface area (Å²) in [6, 6.07) is 8.04. The molecule has 0 heterocycles. The number of hydrogen-bond donors (Lipinski definition) is 0. The van der Waals surface area contributed by atoms with Gasteiger partial charge in [0.05, 0.1) is 6.61 Å². The molecule has 0 fully saturated rings. The molecule has 3 nitrogen and oxygen atoms in total. The van der Waals surface area contributed by atoms with Crippen LogP contribution in [0.4, 0.5) is 0 Å². The third kappa shape index (κ3) is 9.06. The standard InChI is InChI=1S/C22H37NO2/c1-4-7-8-9-10-11-12-13-14-20-15-17-21(18-16-20)22(24)23(19-5-2)25-6-3/h15-18H,4-14,19H2,1-3H3. The molecule has 1 aromatic rings. The average Bonchev–Trinajstić information content (AvgIpc) is 2.63. The Morgan fingerprint density at radius 3 is 2.00 bits per heavy atom. The first-order valence-corrected chi connectivity index (χ1v) is 10.3.